The summed E-state index contributed by atoms with van der Waals surface area (Å²) in [5.74, 6) is -0.165. The standard InChI is InChI=1S/C16H23FN2O.ClH/c1-12(7-8-13-4-2-5-14(17)10-13)16(20)19-11-15-6-3-9-18-15;/h2,4-5,10,12,15,18H,3,6-9,11H2,1H3,(H,19,20);1H. The quantitative estimate of drug-likeness (QED) is 0.847. The molecule has 0 bridgehead atoms. The van der Waals surface area contributed by atoms with E-state index in [1.807, 2.05) is 13.0 Å². The van der Waals surface area contributed by atoms with E-state index in [0.717, 1.165) is 31.4 Å². The lowest BCUT2D eigenvalue weighted by Crippen LogP contribution is -2.39. The number of nitrogens with one attached hydrogen (secondary N) is 2. The molecule has 2 rings (SSSR count). The number of hydrogen-bond donors (Lipinski definition) is 2. The molecule has 1 aliphatic rings. The Balaban J connectivity index is 0.00000220. The minimum Gasteiger partial charge on any atom is -0.354 e. The summed E-state index contributed by atoms with van der Waals surface area (Å²) < 4.78 is 13.1. The van der Waals surface area contributed by atoms with Gasteiger partial charge in [-0.05, 0) is 49.9 Å². The fourth-order valence-corrected chi connectivity index (χ4v) is 2.54. The molecule has 1 aliphatic heterocycles. The van der Waals surface area contributed by atoms with Crippen LogP contribution >= 0.6 is 12.4 Å². The zero-order valence-corrected chi connectivity index (χ0v) is 13.2. The van der Waals surface area contributed by atoms with Gasteiger partial charge >= 0.3 is 0 Å². The maximum Gasteiger partial charge on any atom is 0.222 e. The zero-order chi connectivity index (χ0) is 14.4. The summed E-state index contributed by atoms with van der Waals surface area (Å²) in [7, 11) is 0. The monoisotopic (exact) mass is 314 g/mol. The molecule has 0 aromatic heterocycles. The minimum atomic E-state index is -0.216. The largest absolute Gasteiger partial charge is 0.354 e. The Morgan fingerprint density at radius 2 is 2.33 bits per heavy atom. The predicted molar refractivity (Wildman–Crippen MR) is 85.2 cm³/mol. The van der Waals surface area contributed by atoms with Gasteiger partial charge in [0.25, 0.3) is 0 Å². The maximum absolute atomic E-state index is 13.1. The normalized spacial score (nSPS) is 18.9. The van der Waals surface area contributed by atoms with Crippen molar-refractivity contribution in [3.8, 4) is 0 Å². The highest BCUT2D eigenvalue weighted by atomic mass is 35.5. The molecule has 0 radical (unpaired) electrons. The maximum atomic E-state index is 13.1. The molecule has 1 aromatic rings. The average molecular weight is 315 g/mol. The topological polar surface area (TPSA) is 41.1 Å². The SMILES string of the molecule is CC(CCc1cccc(F)c1)C(=O)NCC1CCCN1.Cl. The van der Waals surface area contributed by atoms with Crippen molar-refractivity contribution in [2.45, 2.75) is 38.6 Å². The highest BCUT2D eigenvalue weighted by molar-refractivity contribution is 5.85. The molecule has 0 saturated carbocycles. The van der Waals surface area contributed by atoms with E-state index in [9.17, 15) is 9.18 Å². The van der Waals surface area contributed by atoms with E-state index in [-0.39, 0.29) is 30.0 Å². The Hall–Kier alpha value is -1.13. The first-order valence-electron chi connectivity index (χ1n) is 7.40. The first kappa shape index (κ1) is 17.9. The van der Waals surface area contributed by atoms with Crippen molar-refractivity contribution in [1.82, 2.24) is 10.6 Å². The van der Waals surface area contributed by atoms with Crippen molar-refractivity contribution in [2.75, 3.05) is 13.1 Å². The van der Waals surface area contributed by atoms with Crippen LogP contribution in [0.15, 0.2) is 24.3 Å². The van der Waals surface area contributed by atoms with E-state index < -0.39 is 0 Å². The predicted octanol–water partition coefficient (Wildman–Crippen LogP) is 2.68. The molecule has 118 valence electrons. The van der Waals surface area contributed by atoms with Gasteiger partial charge in [-0.15, -0.1) is 12.4 Å². The number of benzene rings is 1. The number of amides is 1. The van der Waals surface area contributed by atoms with Crippen molar-refractivity contribution in [3.05, 3.63) is 35.6 Å². The van der Waals surface area contributed by atoms with Crippen molar-refractivity contribution in [1.29, 1.82) is 0 Å². The molecule has 1 fully saturated rings. The lowest BCUT2D eigenvalue weighted by Gasteiger charge is -2.15. The minimum absolute atomic E-state index is 0. The van der Waals surface area contributed by atoms with Crippen molar-refractivity contribution < 1.29 is 9.18 Å². The van der Waals surface area contributed by atoms with Crippen LogP contribution in [0.5, 0.6) is 0 Å². The van der Waals surface area contributed by atoms with Crippen LogP contribution in [0.2, 0.25) is 0 Å². The Labute approximate surface area is 132 Å². The number of aryl methyl sites for hydroxylation is 1. The molecule has 2 N–H and O–H groups in total. The highest BCUT2D eigenvalue weighted by Crippen LogP contribution is 2.11. The van der Waals surface area contributed by atoms with Gasteiger partial charge in [0.05, 0.1) is 0 Å². The molecule has 1 amide bonds. The van der Waals surface area contributed by atoms with Crippen LogP contribution in [0.4, 0.5) is 4.39 Å². The Bertz CT molecular complexity index is 450. The fraction of sp³-hybridized carbons (Fsp3) is 0.562. The second-order valence-electron chi connectivity index (χ2n) is 5.61. The van der Waals surface area contributed by atoms with E-state index >= 15 is 0 Å². The van der Waals surface area contributed by atoms with Gasteiger partial charge in [-0.25, -0.2) is 4.39 Å². The molecule has 0 spiro atoms. The first-order valence-corrected chi connectivity index (χ1v) is 7.40. The van der Waals surface area contributed by atoms with Crippen LogP contribution in [0.1, 0.15) is 31.7 Å². The van der Waals surface area contributed by atoms with E-state index in [1.165, 1.54) is 18.6 Å². The molecule has 3 nitrogen and oxygen atoms in total. The van der Waals surface area contributed by atoms with Gasteiger partial charge in [-0.1, -0.05) is 19.1 Å². The molecule has 1 aromatic carbocycles. The van der Waals surface area contributed by atoms with E-state index in [2.05, 4.69) is 10.6 Å². The summed E-state index contributed by atoms with van der Waals surface area (Å²) in [6, 6.07) is 7.01. The third kappa shape index (κ3) is 6.02. The van der Waals surface area contributed by atoms with Gasteiger partial charge < -0.3 is 10.6 Å². The van der Waals surface area contributed by atoms with E-state index in [0.29, 0.717) is 12.6 Å². The Morgan fingerprint density at radius 1 is 1.52 bits per heavy atom. The summed E-state index contributed by atoms with van der Waals surface area (Å²) in [6.45, 7) is 3.69. The van der Waals surface area contributed by atoms with Crippen LogP contribution in [0, 0.1) is 11.7 Å². The third-order valence-corrected chi connectivity index (χ3v) is 3.89. The molecule has 0 aliphatic carbocycles. The fourth-order valence-electron chi connectivity index (χ4n) is 2.54. The smallest absolute Gasteiger partial charge is 0.222 e. The van der Waals surface area contributed by atoms with Gasteiger partial charge in [-0.2, -0.15) is 0 Å². The second kappa shape index (κ2) is 9.00. The summed E-state index contributed by atoms with van der Waals surface area (Å²) in [6.07, 6.45) is 3.80. The summed E-state index contributed by atoms with van der Waals surface area (Å²) in [5.41, 5.74) is 0.946. The first-order chi connectivity index (χ1) is 9.65. The third-order valence-electron chi connectivity index (χ3n) is 3.89. The summed E-state index contributed by atoms with van der Waals surface area (Å²) in [4.78, 5) is 12.0. The lowest BCUT2D eigenvalue weighted by molar-refractivity contribution is -0.124. The number of halogens is 2. The number of hydrogen-bond acceptors (Lipinski definition) is 2. The van der Waals surface area contributed by atoms with Gasteiger partial charge in [0.15, 0.2) is 0 Å². The molecular weight excluding hydrogens is 291 g/mol. The molecule has 2 atom stereocenters. The lowest BCUT2D eigenvalue weighted by atomic mass is 10.00. The van der Waals surface area contributed by atoms with E-state index in [4.69, 9.17) is 0 Å². The Kier molecular flexibility index (Phi) is 7.68. The zero-order valence-electron chi connectivity index (χ0n) is 12.4. The van der Waals surface area contributed by atoms with E-state index in [1.54, 1.807) is 6.07 Å². The number of rotatable bonds is 6. The molecular formula is C16H24ClFN2O. The van der Waals surface area contributed by atoms with Crippen LogP contribution in [-0.2, 0) is 11.2 Å². The number of carbonyl (C=O) groups is 1. The molecule has 1 saturated heterocycles. The second-order valence-corrected chi connectivity index (χ2v) is 5.61. The van der Waals surface area contributed by atoms with Gasteiger partial charge in [0.2, 0.25) is 5.91 Å². The highest BCUT2D eigenvalue weighted by Gasteiger charge is 2.17. The van der Waals surface area contributed by atoms with Crippen LogP contribution in [-0.4, -0.2) is 25.0 Å². The van der Waals surface area contributed by atoms with Crippen LogP contribution < -0.4 is 10.6 Å². The average Bonchev–Trinajstić information content (AvgIpc) is 2.95. The van der Waals surface area contributed by atoms with Crippen molar-refractivity contribution in [3.63, 3.8) is 0 Å². The van der Waals surface area contributed by atoms with Crippen molar-refractivity contribution >= 4 is 18.3 Å². The molecule has 1 heterocycles. The number of carbonyl (C=O) groups excluding carboxylic acids is 1. The van der Waals surface area contributed by atoms with Crippen LogP contribution in [0.3, 0.4) is 0 Å². The Morgan fingerprint density at radius 3 is 3.00 bits per heavy atom. The summed E-state index contributed by atoms with van der Waals surface area (Å²) in [5, 5.41) is 6.36. The molecule has 2 unspecified atom stereocenters. The van der Waals surface area contributed by atoms with Gasteiger partial charge in [0.1, 0.15) is 5.82 Å². The van der Waals surface area contributed by atoms with Gasteiger partial charge in [-0.3, -0.25) is 4.79 Å². The van der Waals surface area contributed by atoms with Crippen molar-refractivity contribution in [2.24, 2.45) is 5.92 Å². The van der Waals surface area contributed by atoms with Gasteiger partial charge in [0, 0.05) is 18.5 Å². The molecule has 5 heteroatoms. The molecule has 21 heavy (non-hydrogen) atoms. The summed E-state index contributed by atoms with van der Waals surface area (Å²) >= 11 is 0. The van der Waals surface area contributed by atoms with Crippen LogP contribution in [0.25, 0.3) is 0 Å².